The van der Waals surface area contributed by atoms with Crippen molar-refractivity contribution in [2.24, 2.45) is 12.5 Å². The number of aromatic nitrogens is 3. The Bertz CT molecular complexity index is 1820. The summed E-state index contributed by atoms with van der Waals surface area (Å²) in [6.45, 7) is 6.99. The zero-order chi connectivity index (χ0) is 32.2. The zero-order valence-electron chi connectivity index (χ0n) is 26.4. The second-order valence-electron chi connectivity index (χ2n) is 12.7. The van der Waals surface area contributed by atoms with Crippen LogP contribution < -0.4 is 10.1 Å². The molecule has 2 saturated heterocycles. The molecule has 12 heteroatoms. The maximum Gasteiger partial charge on any atom is 0.291 e. The largest absolute Gasteiger partial charge is 0.481 e. The standard InChI is InChI=1S/C34H37Cl2N7O2S/c1-40-14-13-28-27(16-40)37-31(41(28)2)32(44)38-26-10-6-8-23(30(26)36)22-7-5-9-24(29(22)35)25-12-11-21(33(39-25)45-3)15-42-17-34(18-42)19-43(20-34)46-4/h5-12H,13-20H2,1-4H3,(H,38,44). The van der Waals surface area contributed by atoms with E-state index in [1.54, 1.807) is 13.2 Å². The third kappa shape index (κ3) is 5.69. The molecule has 2 fully saturated rings. The molecule has 4 aromatic rings. The average Bonchev–Trinajstić information content (AvgIpc) is 3.34. The Morgan fingerprint density at radius 3 is 2.43 bits per heavy atom. The Morgan fingerprint density at radius 2 is 1.70 bits per heavy atom. The second kappa shape index (κ2) is 12.5. The molecule has 2 aromatic carbocycles. The maximum absolute atomic E-state index is 13.4. The SMILES string of the molecule is COc1nc(-c2cccc(-c3cccc(NC(=O)c4nc5c(n4C)CCN(C)C5)c3Cl)c2Cl)ccc1CN1CC2(C1)CN(SC)C2. The number of nitrogens with one attached hydrogen (secondary N) is 1. The van der Waals surface area contributed by atoms with Gasteiger partial charge in [-0.15, -0.1) is 0 Å². The topological polar surface area (TPSA) is 78.8 Å². The number of pyridine rings is 1. The van der Waals surface area contributed by atoms with Crippen molar-refractivity contribution >= 4 is 46.7 Å². The summed E-state index contributed by atoms with van der Waals surface area (Å²) < 4.78 is 10.0. The Morgan fingerprint density at radius 1 is 0.978 bits per heavy atom. The molecule has 0 atom stereocenters. The highest BCUT2D eigenvalue weighted by molar-refractivity contribution is 7.96. The number of anilines is 1. The van der Waals surface area contributed by atoms with E-state index >= 15 is 0 Å². The molecule has 0 bridgehead atoms. The maximum atomic E-state index is 13.4. The van der Waals surface area contributed by atoms with E-state index in [9.17, 15) is 4.79 Å². The fourth-order valence-electron chi connectivity index (χ4n) is 7.02. The van der Waals surface area contributed by atoms with E-state index in [0.29, 0.717) is 44.1 Å². The number of likely N-dealkylation sites (N-methyl/N-ethyl adjacent to an activating group) is 1. The van der Waals surface area contributed by atoms with Crippen molar-refractivity contribution in [3.8, 4) is 28.3 Å². The van der Waals surface area contributed by atoms with Crippen LogP contribution in [-0.4, -0.2) is 87.7 Å². The van der Waals surface area contributed by atoms with E-state index in [2.05, 4.69) is 43.8 Å². The van der Waals surface area contributed by atoms with Gasteiger partial charge in [0.2, 0.25) is 5.88 Å². The predicted octanol–water partition coefficient (Wildman–Crippen LogP) is 6.10. The van der Waals surface area contributed by atoms with E-state index in [1.807, 2.05) is 60.0 Å². The highest BCUT2D eigenvalue weighted by atomic mass is 35.5. The molecule has 0 radical (unpaired) electrons. The number of carbonyl (C=O) groups is 1. The number of amides is 1. The van der Waals surface area contributed by atoms with Gasteiger partial charge in [-0.2, -0.15) is 0 Å². The molecule has 240 valence electrons. The van der Waals surface area contributed by atoms with E-state index in [-0.39, 0.29) is 5.91 Å². The molecular formula is C34H37Cl2N7O2S. The van der Waals surface area contributed by atoms with E-state index in [0.717, 1.165) is 80.3 Å². The van der Waals surface area contributed by atoms with Gasteiger partial charge < -0.3 is 19.5 Å². The number of fused-ring (bicyclic) bond motifs is 1. The van der Waals surface area contributed by atoms with Gasteiger partial charge in [-0.1, -0.05) is 71.5 Å². The molecule has 3 aliphatic rings. The lowest BCUT2D eigenvalue weighted by atomic mass is 9.74. The molecule has 3 aliphatic heterocycles. The van der Waals surface area contributed by atoms with Crippen LogP contribution in [0.15, 0.2) is 48.5 Å². The quantitative estimate of drug-likeness (QED) is 0.224. The van der Waals surface area contributed by atoms with Crippen molar-refractivity contribution in [2.75, 3.05) is 58.5 Å². The number of carbonyl (C=O) groups excluding carboxylic acids is 1. The molecule has 1 spiro atoms. The van der Waals surface area contributed by atoms with Gasteiger partial charge in [0.05, 0.1) is 34.2 Å². The van der Waals surface area contributed by atoms with Crippen LogP contribution in [0.25, 0.3) is 22.4 Å². The summed E-state index contributed by atoms with van der Waals surface area (Å²) in [6, 6.07) is 15.4. The summed E-state index contributed by atoms with van der Waals surface area (Å²) in [5.74, 6) is 0.659. The van der Waals surface area contributed by atoms with Crippen molar-refractivity contribution in [2.45, 2.75) is 19.5 Å². The Labute approximate surface area is 284 Å². The number of methoxy groups -OCH3 is 1. The molecule has 7 rings (SSSR count). The molecule has 2 aromatic heterocycles. The molecule has 0 unspecified atom stereocenters. The molecule has 5 heterocycles. The van der Waals surface area contributed by atoms with Gasteiger partial charge >= 0.3 is 0 Å². The normalized spacial score (nSPS) is 17.8. The summed E-state index contributed by atoms with van der Waals surface area (Å²) in [7, 11) is 5.60. The summed E-state index contributed by atoms with van der Waals surface area (Å²) in [6.07, 6.45) is 3.00. The molecule has 1 amide bonds. The van der Waals surface area contributed by atoms with Crippen LogP contribution in [-0.2, 0) is 26.6 Å². The number of halogens is 2. The minimum atomic E-state index is -0.308. The average molecular weight is 679 g/mol. The molecule has 0 saturated carbocycles. The smallest absolute Gasteiger partial charge is 0.291 e. The van der Waals surface area contributed by atoms with E-state index < -0.39 is 0 Å². The van der Waals surface area contributed by atoms with Crippen LogP contribution in [0, 0.1) is 5.41 Å². The van der Waals surface area contributed by atoms with Crippen LogP contribution in [0.3, 0.4) is 0 Å². The number of hydrogen-bond donors (Lipinski definition) is 1. The first-order valence-electron chi connectivity index (χ1n) is 15.4. The number of hydrogen-bond acceptors (Lipinski definition) is 8. The number of nitrogens with zero attached hydrogens (tertiary/aromatic N) is 6. The highest BCUT2D eigenvalue weighted by Gasteiger charge is 2.51. The minimum Gasteiger partial charge on any atom is -0.481 e. The van der Waals surface area contributed by atoms with E-state index in [4.69, 9.17) is 32.9 Å². The van der Waals surface area contributed by atoms with Crippen molar-refractivity contribution in [3.63, 3.8) is 0 Å². The third-order valence-electron chi connectivity index (χ3n) is 9.39. The predicted molar refractivity (Wildman–Crippen MR) is 186 cm³/mol. The number of imidazole rings is 1. The van der Waals surface area contributed by atoms with Crippen molar-refractivity contribution in [1.29, 1.82) is 0 Å². The third-order valence-corrected chi connectivity index (χ3v) is 11.0. The first-order chi connectivity index (χ1) is 22.2. The van der Waals surface area contributed by atoms with Crippen LogP contribution in [0.1, 0.15) is 27.6 Å². The lowest BCUT2D eigenvalue weighted by Gasteiger charge is -2.59. The molecule has 46 heavy (non-hydrogen) atoms. The van der Waals surface area contributed by atoms with Crippen LogP contribution in [0.4, 0.5) is 5.69 Å². The van der Waals surface area contributed by atoms with Gasteiger partial charge in [0.25, 0.3) is 5.91 Å². The number of rotatable bonds is 8. The fourth-order valence-corrected chi connectivity index (χ4v) is 8.42. The number of ether oxygens (including phenoxy) is 1. The lowest BCUT2D eigenvalue weighted by Crippen LogP contribution is -2.70. The monoisotopic (exact) mass is 677 g/mol. The first-order valence-corrected chi connectivity index (χ1v) is 17.3. The van der Waals surface area contributed by atoms with Crippen molar-refractivity contribution < 1.29 is 9.53 Å². The van der Waals surface area contributed by atoms with Gasteiger partial charge in [-0.05, 0) is 25.4 Å². The van der Waals surface area contributed by atoms with Crippen molar-refractivity contribution in [3.05, 3.63) is 81.4 Å². The minimum absolute atomic E-state index is 0.308. The van der Waals surface area contributed by atoms with Crippen molar-refractivity contribution in [1.82, 2.24) is 28.6 Å². The van der Waals surface area contributed by atoms with Gasteiger partial charge in [0, 0.05) is 92.6 Å². The van der Waals surface area contributed by atoms with Gasteiger partial charge in [-0.25, -0.2) is 14.3 Å². The zero-order valence-corrected chi connectivity index (χ0v) is 28.8. The fraction of sp³-hybridized carbons (Fsp3) is 0.382. The summed E-state index contributed by atoms with van der Waals surface area (Å²) in [4.78, 5) is 27.6. The Hall–Kier alpha value is -3.12. The molecule has 0 aliphatic carbocycles. The van der Waals surface area contributed by atoms with Gasteiger partial charge in [0.15, 0.2) is 5.82 Å². The Balaban J connectivity index is 1.10. The summed E-state index contributed by atoms with van der Waals surface area (Å²) >= 11 is 15.8. The number of likely N-dealkylation sites (tertiary alicyclic amines) is 1. The first kappa shape index (κ1) is 31.5. The van der Waals surface area contributed by atoms with Crippen LogP contribution in [0.5, 0.6) is 5.88 Å². The lowest BCUT2D eigenvalue weighted by molar-refractivity contribution is -0.0812. The Kier molecular flexibility index (Phi) is 8.54. The molecule has 9 nitrogen and oxygen atoms in total. The summed E-state index contributed by atoms with van der Waals surface area (Å²) in [5, 5.41) is 3.90. The summed E-state index contributed by atoms with van der Waals surface area (Å²) in [5.41, 5.74) is 6.96. The van der Waals surface area contributed by atoms with Crippen LogP contribution in [0.2, 0.25) is 10.0 Å². The molecule has 1 N–H and O–H groups in total. The van der Waals surface area contributed by atoms with E-state index in [1.165, 1.54) is 0 Å². The number of benzene rings is 2. The highest BCUT2D eigenvalue weighted by Crippen LogP contribution is 2.44. The van der Waals surface area contributed by atoms with Gasteiger partial charge in [-0.3, -0.25) is 9.69 Å². The second-order valence-corrected chi connectivity index (χ2v) is 14.3. The molecular weight excluding hydrogens is 641 g/mol. The van der Waals surface area contributed by atoms with Crippen LogP contribution >= 0.6 is 35.1 Å². The van der Waals surface area contributed by atoms with Gasteiger partial charge in [0.1, 0.15) is 0 Å².